The Hall–Kier alpha value is -2.54. The van der Waals surface area contributed by atoms with Gasteiger partial charge in [0.1, 0.15) is 6.20 Å². The van der Waals surface area contributed by atoms with E-state index in [9.17, 15) is 14.9 Å². The highest BCUT2D eigenvalue weighted by atomic mass is 16.6. The van der Waals surface area contributed by atoms with Crippen molar-refractivity contribution in [2.45, 2.75) is 13.1 Å². The Morgan fingerprint density at radius 2 is 2.05 bits per heavy atom. The van der Waals surface area contributed by atoms with Gasteiger partial charge in [-0.25, -0.2) is 4.79 Å². The average molecular weight is 274 g/mol. The predicted octanol–water partition coefficient (Wildman–Crippen LogP) is 0.941. The number of hydrogen-bond acceptors (Lipinski definition) is 5. The minimum atomic E-state index is -0.569. The maximum Gasteiger partial charge on any atom is 0.348 e. The van der Waals surface area contributed by atoms with E-state index in [2.05, 4.69) is 10.3 Å². The van der Waals surface area contributed by atoms with Gasteiger partial charge in [-0.1, -0.05) is 30.3 Å². The summed E-state index contributed by atoms with van der Waals surface area (Å²) in [7, 11) is 0. The van der Waals surface area contributed by atoms with Crippen molar-refractivity contribution in [1.82, 2.24) is 14.9 Å². The van der Waals surface area contributed by atoms with Crippen LogP contribution in [0.3, 0.4) is 0 Å². The van der Waals surface area contributed by atoms with Crippen LogP contribution in [0.25, 0.3) is 0 Å². The van der Waals surface area contributed by atoms with Crippen LogP contribution in [0.1, 0.15) is 5.56 Å². The molecule has 0 atom stereocenters. The van der Waals surface area contributed by atoms with E-state index < -0.39 is 10.6 Å². The number of benzene rings is 1. The molecule has 20 heavy (non-hydrogen) atoms. The highest BCUT2D eigenvalue weighted by Crippen LogP contribution is 2.04. The molecule has 0 spiro atoms. The van der Waals surface area contributed by atoms with Crippen LogP contribution in [0.15, 0.2) is 47.5 Å². The molecule has 0 aliphatic rings. The quantitative estimate of drug-likeness (QED) is 0.481. The number of nitrogens with one attached hydrogen (secondary N) is 1. The van der Waals surface area contributed by atoms with Gasteiger partial charge in [-0.2, -0.15) is 4.98 Å². The second-order valence-electron chi connectivity index (χ2n) is 4.21. The van der Waals surface area contributed by atoms with Gasteiger partial charge in [-0.05, 0) is 5.56 Å². The predicted molar refractivity (Wildman–Crippen MR) is 73.3 cm³/mol. The van der Waals surface area contributed by atoms with E-state index >= 15 is 0 Å². The van der Waals surface area contributed by atoms with Crippen LogP contribution >= 0.6 is 0 Å². The maximum atomic E-state index is 11.5. The molecule has 0 radical (unpaired) electrons. The molecule has 0 unspecified atom stereocenters. The summed E-state index contributed by atoms with van der Waals surface area (Å²) in [6, 6.07) is 9.83. The molecule has 0 aliphatic heterocycles. The third kappa shape index (κ3) is 3.72. The Kier molecular flexibility index (Phi) is 4.56. The molecule has 1 N–H and O–H groups in total. The minimum absolute atomic E-state index is 0.187. The molecular weight excluding hydrogens is 260 g/mol. The van der Waals surface area contributed by atoms with Crippen molar-refractivity contribution in [3.63, 3.8) is 0 Å². The van der Waals surface area contributed by atoms with Gasteiger partial charge in [0.15, 0.2) is 0 Å². The highest BCUT2D eigenvalue weighted by molar-refractivity contribution is 5.20. The van der Waals surface area contributed by atoms with E-state index in [0.717, 1.165) is 11.8 Å². The fourth-order valence-electron chi connectivity index (χ4n) is 1.73. The van der Waals surface area contributed by atoms with Crippen LogP contribution in [0, 0.1) is 10.1 Å². The Morgan fingerprint density at radius 3 is 2.75 bits per heavy atom. The van der Waals surface area contributed by atoms with Gasteiger partial charge in [0, 0.05) is 19.6 Å². The van der Waals surface area contributed by atoms with Crippen molar-refractivity contribution in [3.8, 4) is 0 Å². The average Bonchev–Trinajstić information content (AvgIpc) is 2.46. The van der Waals surface area contributed by atoms with Gasteiger partial charge in [-0.15, -0.1) is 0 Å². The van der Waals surface area contributed by atoms with E-state index in [0.29, 0.717) is 19.6 Å². The lowest BCUT2D eigenvalue weighted by Crippen LogP contribution is -2.28. The molecule has 104 valence electrons. The van der Waals surface area contributed by atoms with Crippen molar-refractivity contribution in [1.29, 1.82) is 0 Å². The minimum Gasteiger partial charge on any atom is -0.311 e. The number of aromatic nitrogens is 2. The molecule has 0 saturated carbocycles. The standard InChI is InChI=1S/C13H14N4O3/c18-13-15-9-12(17(19)20)10-16(13)7-6-14-8-11-4-2-1-3-5-11/h1-5,9-10,14H,6-8H2. The zero-order valence-corrected chi connectivity index (χ0v) is 10.7. The van der Waals surface area contributed by atoms with Gasteiger partial charge in [0.05, 0.1) is 11.1 Å². The SMILES string of the molecule is O=c1ncc([N+](=O)[O-])cn1CCNCc1ccccc1. The van der Waals surface area contributed by atoms with E-state index in [-0.39, 0.29) is 5.69 Å². The normalized spacial score (nSPS) is 10.4. The first-order chi connectivity index (χ1) is 9.66. The van der Waals surface area contributed by atoms with Gasteiger partial charge >= 0.3 is 11.4 Å². The Balaban J connectivity index is 1.89. The van der Waals surface area contributed by atoms with E-state index in [4.69, 9.17) is 0 Å². The van der Waals surface area contributed by atoms with Crippen LogP contribution in [-0.4, -0.2) is 21.0 Å². The molecule has 0 fully saturated rings. The van der Waals surface area contributed by atoms with Crippen molar-refractivity contribution in [2.24, 2.45) is 0 Å². The first kappa shape index (κ1) is 13.9. The summed E-state index contributed by atoms with van der Waals surface area (Å²) in [6.07, 6.45) is 2.18. The molecule has 1 aromatic carbocycles. The smallest absolute Gasteiger partial charge is 0.311 e. The van der Waals surface area contributed by atoms with Crippen LogP contribution in [0.4, 0.5) is 5.69 Å². The summed E-state index contributed by atoms with van der Waals surface area (Å²) in [5.74, 6) is 0. The number of nitro groups is 1. The summed E-state index contributed by atoms with van der Waals surface area (Å²) in [5.41, 5.74) is 0.460. The first-order valence-electron chi connectivity index (χ1n) is 6.12. The van der Waals surface area contributed by atoms with E-state index in [1.165, 1.54) is 10.8 Å². The molecule has 7 nitrogen and oxygen atoms in total. The van der Waals surface area contributed by atoms with Gasteiger partial charge < -0.3 is 5.32 Å². The van der Waals surface area contributed by atoms with E-state index in [1.807, 2.05) is 30.3 Å². The molecular formula is C13H14N4O3. The fourth-order valence-corrected chi connectivity index (χ4v) is 1.73. The summed E-state index contributed by atoms with van der Waals surface area (Å²) in [4.78, 5) is 25.0. The lowest BCUT2D eigenvalue weighted by Gasteiger charge is -2.06. The zero-order valence-electron chi connectivity index (χ0n) is 10.7. The Morgan fingerprint density at radius 1 is 1.30 bits per heavy atom. The van der Waals surface area contributed by atoms with Crippen LogP contribution in [0.5, 0.6) is 0 Å². The maximum absolute atomic E-state index is 11.5. The summed E-state index contributed by atoms with van der Waals surface area (Å²) in [6.45, 7) is 1.54. The van der Waals surface area contributed by atoms with Gasteiger partial charge in [0.25, 0.3) is 0 Å². The lowest BCUT2D eigenvalue weighted by molar-refractivity contribution is -0.385. The topological polar surface area (TPSA) is 90.1 Å². The summed E-state index contributed by atoms with van der Waals surface area (Å²) >= 11 is 0. The molecule has 1 aromatic heterocycles. The van der Waals surface area contributed by atoms with Crippen molar-refractivity contribution in [3.05, 3.63) is 68.9 Å². The van der Waals surface area contributed by atoms with Gasteiger partial charge in [-0.3, -0.25) is 14.7 Å². The summed E-state index contributed by atoms with van der Waals surface area (Å²) < 4.78 is 1.23. The molecule has 0 aliphatic carbocycles. The lowest BCUT2D eigenvalue weighted by atomic mass is 10.2. The van der Waals surface area contributed by atoms with E-state index in [1.54, 1.807) is 0 Å². The monoisotopic (exact) mass is 274 g/mol. The fraction of sp³-hybridized carbons (Fsp3) is 0.231. The molecule has 0 amide bonds. The van der Waals surface area contributed by atoms with Crippen LogP contribution < -0.4 is 11.0 Å². The Bertz CT molecular complexity index is 640. The molecule has 1 heterocycles. The molecule has 0 bridgehead atoms. The third-order valence-electron chi connectivity index (χ3n) is 2.75. The molecule has 7 heteroatoms. The second-order valence-corrected chi connectivity index (χ2v) is 4.21. The van der Waals surface area contributed by atoms with Crippen LogP contribution in [0.2, 0.25) is 0 Å². The van der Waals surface area contributed by atoms with Crippen LogP contribution in [-0.2, 0) is 13.1 Å². The zero-order chi connectivity index (χ0) is 14.4. The Labute approximate surface area is 115 Å². The largest absolute Gasteiger partial charge is 0.348 e. The van der Waals surface area contributed by atoms with Gasteiger partial charge in [0.2, 0.25) is 0 Å². The third-order valence-corrected chi connectivity index (χ3v) is 2.75. The number of hydrogen-bond donors (Lipinski definition) is 1. The number of rotatable bonds is 6. The van der Waals surface area contributed by atoms with Crippen molar-refractivity contribution in [2.75, 3.05) is 6.54 Å². The second kappa shape index (κ2) is 6.58. The first-order valence-corrected chi connectivity index (χ1v) is 6.12. The summed E-state index contributed by atoms with van der Waals surface area (Å²) in [5, 5.41) is 13.8. The molecule has 0 saturated heterocycles. The van der Waals surface area contributed by atoms with Crippen molar-refractivity contribution >= 4 is 5.69 Å². The molecule has 2 rings (SSSR count). The number of nitrogens with zero attached hydrogens (tertiary/aromatic N) is 3. The molecule has 2 aromatic rings. The highest BCUT2D eigenvalue weighted by Gasteiger charge is 2.08. The van der Waals surface area contributed by atoms with Crippen molar-refractivity contribution < 1.29 is 4.92 Å².